The van der Waals surface area contributed by atoms with E-state index in [4.69, 9.17) is 5.11 Å². The van der Waals surface area contributed by atoms with Crippen LogP contribution in [0.15, 0.2) is 21.1 Å². The summed E-state index contributed by atoms with van der Waals surface area (Å²) in [6.07, 6.45) is -0.0218. The fourth-order valence-corrected chi connectivity index (χ4v) is 3.39. The maximum Gasteiger partial charge on any atom is 0.261 e. The van der Waals surface area contributed by atoms with E-state index in [1.54, 1.807) is 12.1 Å². The molecule has 1 aliphatic heterocycles. The highest BCUT2D eigenvalue weighted by molar-refractivity contribution is 9.11. The van der Waals surface area contributed by atoms with Crippen molar-refractivity contribution in [3.05, 3.63) is 26.6 Å². The lowest BCUT2D eigenvalue weighted by Crippen LogP contribution is -2.35. The van der Waals surface area contributed by atoms with Crippen molar-refractivity contribution >= 4 is 43.5 Å². The van der Waals surface area contributed by atoms with Crippen LogP contribution in [0.3, 0.4) is 0 Å². The molecule has 86 valence electrons. The van der Waals surface area contributed by atoms with Crippen LogP contribution in [0, 0.1) is 0 Å². The molecule has 0 bridgehead atoms. The molecule has 1 atom stereocenters. The molecule has 0 aliphatic carbocycles. The molecular formula is C10H9Br2NO3. The normalized spacial score (nSPS) is 23.1. The van der Waals surface area contributed by atoms with Gasteiger partial charge in [0.1, 0.15) is 0 Å². The van der Waals surface area contributed by atoms with Gasteiger partial charge in [-0.15, -0.1) is 0 Å². The number of carbonyl (C=O) groups excluding carboxylic acids is 1. The Morgan fingerprint density at radius 3 is 2.69 bits per heavy atom. The number of aliphatic hydroxyl groups excluding tert-OH is 1. The number of rotatable bonds is 2. The fourth-order valence-electron chi connectivity index (χ4n) is 1.83. The molecule has 0 fully saturated rings. The van der Waals surface area contributed by atoms with Crippen molar-refractivity contribution in [1.82, 2.24) is 0 Å². The van der Waals surface area contributed by atoms with Gasteiger partial charge in [0.25, 0.3) is 5.91 Å². The molecule has 0 saturated carbocycles. The quantitative estimate of drug-likeness (QED) is 0.760. The highest BCUT2D eigenvalue weighted by Gasteiger charge is 2.46. The van der Waals surface area contributed by atoms with Crippen molar-refractivity contribution in [2.45, 2.75) is 12.0 Å². The summed E-state index contributed by atoms with van der Waals surface area (Å²) in [7, 11) is 0. The number of anilines is 1. The van der Waals surface area contributed by atoms with Gasteiger partial charge in [-0.1, -0.05) is 31.9 Å². The van der Waals surface area contributed by atoms with Gasteiger partial charge < -0.3 is 15.5 Å². The van der Waals surface area contributed by atoms with Crippen LogP contribution < -0.4 is 5.32 Å². The fraction of sp³-hybridized carbons (Fsp3) is 0.300. The average molecular weight is 351 g/mol. The number of amides is 1. The first-order valence-corrected chi connectivity index (χ1v) is 6.22. The molecule has 1 amide bonds. The van der Waals surface area contributed by atoms with Crippen LogP contribution in [0.5, 0.6) is 0 Å². The summed E-state index contributed by atoms with van der Waals surface area (Å²) < 4.78 is 1.43. The predicted octanol–water partition coefficient (Wildman–Crippen LogP) is 1.73. The van der Waals surface area contributed by atoms with E-state index < -0.39 is 11.5 Å². The van der Waals surface area contributed by atoms with Crippen molar-refractivity contribution in [2.24, 2.45) is 0 Å². The minimum Gasteiger partial charge on any atom is -0.396 e. The number of aliphatic hydroxyl groups is 2. The van der Waals surface area contributed by atoms with Crippen molar-refractivity contribution < 1.29 is 15.0 Å². The molecule has 0 saturated heterocycles. The largest absolute Gasteiger partial charge is 0.396 e. The number of carbonyl (C=O) groups is 1. The highest BCUT2D eigenvalue weighted by Crippen LogP contribution is 2.44. The van der Waals surface area contributed by atoms with E-state index in [1.165, 1.54) is 0 Å². The molecular weight excluding hydrogens is 342 g/mol. The number of fused-ring (bicyclic) bond motifs is 1. The van der Waals surface area contributed by atoms with Crippen LogP contribution in [0.4, 0.5) is 5.69 Å². The second-order valence-corrected chi connectivity index (χ2v) is 5.37. The Morgan fingerprint density at radius 1 is 1.38 bits per heavy atom. The lowest BCUT2D eigenvalue weighted by molar-refractivity contribution is -0.135. The smallest absolute Gasteiger partial charge is 0.261 e. The van der Waals surface area contributed by atoms with E-state index in [0.29, 0.717) is 15.7 Å². The van der Waals surface area contributed by atoms with Crippen LogP contribution in [-0.2, 0) is 10.4 Å². The molecule has 0 unspecified atom stereocenters. The molecule has 0 radical (unpaired) electrons. The molecule has 1 aromatic carbocycles. The van der Waals surface area contributed by atoms with Gasteiger partial charge in [0, 0.05) is 33.2 Å². The van der Waals surface area contributed by atoms with E-state index >= 15 is 0 Å². The lowest BCUT2D eigenvalue weighted by atomic mass is 9.92. The van der Waals surface area contributed by atoms with Crippen LogP contribution in [0.2, 0.25) is 0 Å². The summed E-state index contributed by atoms with van der Waals surface area (Å²) in [6, 6.07) is 3.47. The number of hydrogen-bond donors (Lipinski definition) is 3. The van der Waals surface area contributed by atoms with Crippen LogP contribution in [0.25, 0.3) is 0 Å². The Labute approximate surface area is 109 Å². The van der Waals surface area contributed by atoms with Crippen molar-refractivity contribution in [3.8, 4) is 0 Å². The molecule has 4 nitrogen and oxygen atoms in total. The first kappa shape index (κ1) is 12.0. The van der Waals surface area contributed by atoms with Gasteiger partial charge >= 0.3 is 0 Å². The second-order valence-electron chi connectivity index (χ2n) is 3.60. The number of nitrogens with one attached hydrogen (secondary N) is 1. The zero-order valence-corrected chi connectivity index (χ0v) is 11.3. The third-order valence-corrected chi connectivity index (χ3v) is 3.65. The van der Waals surface area contributed by atoms with E-state index in [1.807, 2.05) is 0 Å². The molecule has 6 heteroatoms. The summed E-state index contributed by atoms with van der Waals surface area (Å²) >= 11 is 6.61. The zero-order valence-electron chi connectivity index (χ0n) is 8.13. The summed E-state index contributed by atoms with van der Waals surface area (Å²) in [4.78, 5) is 11.7. The van der Waals surface area contributed by atoms with Crippen molar-refractivity contribution in [3.63, 3.8) is 0 Å². The van der Waals surface area contributed by atoms with E-state index in [0.717, 1.165) is 4.47 Å². The topological polar surface area (TPSA) is 69.6 Å². The Kier molecular flexibility index (Phi) is 3.09. The van der Waals surface area contributed by atoms with Crippen LogP contribution in [-0.4, -0.2) is 22.7 Å². The molecule has 0 spiro atoms. The molecule has 1 heterocycles. The van der Waals surface area contributed by atoms with E-state index in [-0.39, 0.29) is 13.0 Å². The maximum atomic E-state index is 11.7. The summed E-state index contributed by atoms with van der Waals surface area (Å²) in [6.45, 7) is -0.258. The van der Waals surface area contributed by atoms with Gasteiger partial charge in [0.2, 0.25) is 0 Å². The first-order chi connectivity index (χ1) is 7.49. The van der Waals surface area contributed by atoms with Gasteiger partial charge in [-0.05, 0) is 12.1 Å². The average Bonchev–Trinajstić information content (AvgIpc) is 2.38. The van der Waals surface area contributed by atoms with Crippen LogP contribution >= 0.6 is 31.9 Å². The van der Waals surface area contributed by atoms with Gasteiger partial charge in [0.05, 0.1) is 0 Å². The molecule has 0 aromatic heterocycles. The first-order valence-electron chi connectivity index (χ1n) is 4.63. The lowest BCUT2D eigenvalue weighted by Gasteiger charge is -2.20. The van der Waals surface area contributed by atoms with Crippen molar-refractivity contribution in [1.29, 1.82) is 0 Å². The van der Waals surface area contributed by atoms with Gasteiger partial charge in [-0.25, -0.2) is 0 Å². The third kappa shape index (κ3) is 1.69. The Bertz CT molecular complexity index is 464. The molecule has 1 aliphatic rings. The summed E-state index contributed by atoms with van der Waals surface area (Å²) in [5.74, 6) is -0.504. The summed E-state index contributed by atoms with van der Waals surface area (Å²) in [5, 5.41) is 21.8. The van der Waals surface area contributed by atoms with Gasteiger partial charge in [0.15, 0.2) is 5.60 Å². The molecule has 1 aromatic rings. The molecule has 2 rings (SSSR count). The predicted molar refractivity (Wildman–Crippen MR) is 66.1 cm³/mol. The Balaban J connectivity index is 2.60. The summed E-state index contributed by atoms with van der Waals surface area (Å²) in [5.41, 5.74) is -0.610. The third-order valence-electron chi connectivity index (χ3n) is 2.57. The molecule has 3 N–H and O–H groups in total. The minimum atomic E-state index is -1.65. The van der Waals surface area contributed by atoms with Gasteiger partial charge in [-0.3, -0.25) is 4.79 Å². The zero-order chi connectivity index (χ0) is 11.9. The highest BCUT2D eigenvalue weighted by atomic mass is 79.9. The monoisotopic (exact) mass is 349 g/mol. The molecule has 16 heavy (non-hydrogen) atoms. The van der Waals surface area contributed by atoms with Gasteiger partial charge in [-0.2, -0.15) is 0 Å². The minimum absolute atomic E-state index is 0.0218. The van der Waals surface area contributed by atoms with E-state index in [2.05, 4.69) is 37.2 Å². The maximum absolute atomic E-state index is 11.7. The van der Waals surface area contributed by atoms with Crippen molar-refractivity contribution in [2.75, 3.05) is 11.9 Å². The number of halogens is 2. The second kappa shape index (κ2) is 4.10. The standard InChI is InChI=1S/C10H9Br2NO3/c11-5-3-6(12)8-7(4-5)13-9(15)10(8,16)1-2-14/h3-4,14,16H,1-2H2,(H,13,15)/t10-/m0/s1. The SMILES string of the molecule is O=C1Nc2cc(Br)cc(Br)c2[C@@]1(O)CCO. The van der Waals surface area contributed by atoms with Crippen LogP contribution in [0.1, 0.15) is 12.0 Å². The Hall–Kier alpha value is -0.430. The van der Waals surface area contributed by atoms with E-state index in [9.17, 15) is 9.90 Å². The Morgan fingerprint density at radius 2 is 2.06 bits per heavy atom. The number of benzene rings is 1. The number of hydrogen-bond acceptors (Lipinski definition) is 3.